The lowest BCUT2D eigenvalue weighted by Crippen LogP contribution is -2.43. The summed E-state index contributed by atoms with van der Waals surface area (Å²) in [5, 5.41) is 8.51. The first kappa shape index (κ1) is 24.2. The van der Waals surface area contributed by atoms with Crippen LogP contribution in [-0.2, 0) is 23.0 Å². The second kappa shape index (κ2) is 10.5. The SMILES string of the molecule is COc1nn(C)c2nc(C)c(CCC(=O)NCC(c3ccc(C)cc3)N3CCOCC3)c(C)c12. The molecule has 1 N–H and O–H groups in total. The predicted octanol–water partition coefficient (Wildman–Crippen LogP) is 3.02. The first-order chi connectivity index (χ1) is 16.4. The minimum absolute atomic E-state index is 0.0439. The van der Waals surface area contributed by atoms with E-state index >= 15 is 0 Å². The number of aryl methyl sites for hydroxylation is 4. The van der Waals surface area contributed by atoms with E-state index in [1.54, 1.807) is 11.8 Å². The Morgan fingerprint density at radius 2 is 1.88 bits per heavy atom. The Balaban J connectivity index is 1.44. The number of pyridine rings is 1. The van der Waals surface area contributed by atoms with E-state index in [1.807, 2.05) is 14.0 Å². The number of ether oxygens (including phenoxy) is 2. The van der Waals surface area contributed by atoms with Crippen molar-refractivity contribution in [1.82, 2.24) is 25.0 Å². The Kier molecular flexibility index (Phi) is 7.48. The van der Waals surface area contributed by atoms with Crippen LogP contribution in [-0.4, -0.2) is 65.5 Å². The fraction of sp³-hybridized carbons (Fsp3) is 0.500. The Morgan fingerprint density at radius 3 is 2.56 bits per heavy atom. The van der Waals surface area contributed by atoms with Crippen LogP contribution in [0.15, 0.2) is 24.3 Å². The van der Waals surface area contributed by atoms with Gasteiger partial charge in [-0.15, -0.1) is 5.10 Å². The second-order valence-electron chi connectivity index (χ2n) is 9.01. The van der Waals surface area contributed by atoms with Crippen LogP contribution in [0.5, 0.6) is 5.88 Å². The van der Waals surface area contributed by atoms with Crippen LogP contribution in [0.1, 0.15) is 40.4 Å². The molecule has 0 spiro atoms. The van der Waals surface area contributed by atoms with Crippen LogP contribution in [0.2, 0.25) is 0 Å². The fourth-order valence-corrected chi connectivity index (χ4v) is 4.78. The van der Waals surface area contributed by atoms with Crippen molar-refractivity contribution in [2.24, 2.45) is 7.05 Å². The molecule has 3 aromatic rings. The molecule has 1 aromatic carbocycles. The van der Waals surface area contributed by atoms with Crippen LogP contribution in [0.25, 0.3) is 11.0 Å². The summed E-state index contributed by atoms with van der Waals surface area (Å²) in [4.78, 5) is 20.0. The van der Waals surface area contributed by atoms with Gasteiger partial charge in [0.1, 0.15) is 0 Å². The normalized spacial score (nSPS) is 15.4. The van der Waals surface area contributed by atoms with Gasteiger partial charge in [0.15, 0.2) is 5.65 Å². The van der Waals surface area contributed by atoms with Crippen molar-refractivity contribution in [2.75, 3.05) is 40.0 Å². The van der Waals surface area contributed by atoms with Gasteiger partial charge < -0.3 is 14.8 Å². The molecule has 0 saturated carbocycles. The van der Waals surface area contributed by atoms with Crippen molar-refractivity contribution in [3.63, 3.8) is 0 Å². The van der Waals surface area contributed by atoms with Gasteiger partial charge in [0.25, 0.3) is 0 Å². The van der Waals surface area contributed by atoms with Crippen LogP contribution in [0.4, 0.5) is 0 Å². The standard InChI is InChI=1S/C26H35N5O3/c1-17-6-8-20(9-7-17)22(31-12-14-34-15-13-31)16-27-23(32)11-10-21-18(2)24-25(28-19(21)3)30(4)29-26(24)33-5/h6-9,22H,10-16H2,1-5H3,(H,27,32). The summed E-state index contributed by atoms with van der Waals surface area (Å²) in [6.45, 7) is 9.90. The summed E-state index contributed by atoms with van der Waals surface area (Å²) < 4.78 is 12.7. The van der Waals surface area contributed by atoms with E-state index in [4.69, 9.17) is 14.5 Å². The summed E-state index contributed by atoms with van der Waals surface area (Å²) in [6, 6.07) is 8.72. The average Bonchev–Trinajstić information content (AvgIpc) is 3.16. The van der Waals surface area contributed by atoms with Gasteiger partial charge in [0.2, 0.25) is 11.8 Å². The van der Waals surface area contributed by atoms with Gasteiger partial charge in [-0.2, -0.15) is 0 Å². The number of amides is 1. The third kappa shape index (κ3) is 5.08. The molecule has 8 nitrogen and oxygen atoms in total. The highest BCUT2D eigenvalue weighted by Gasteiger charge is 2.24. The second-order valence-corrected chi connectivity index (χ2v) is 9.01. The minimum Gasteiger partial charge on any atom is -0.479 e. The number of nitrogens with one attached hydrogen (secondary N) is 1. The molecule has 1 fully saturated rings. The molecule has 3 heterocycles. The maximum atomic E-state index is 12.9. The summed E-state index contributed by atoms with van der Waals surface area (Å²) in [5.74, 6) is 0.613. The first-order valence-corrected chi connectivity index (χ1v) is 11.9. The van der Waals surface area contributed by atoms with Crippen molar-refractivity contribution in [3.8, 4) is 5.88 Å². The molecule has 1 saturated heterocycles. The highest BCUT2D eigenvalue weighted by Crippen LogP contribution is 2.30. The van der Waals surface area contributed by atoms with E-state index in [1.165, 1.54) is 11.1 Å². The van der Waals surface area contributed by atoms with Crippen LogP contribution in [0.3, 0.4) is 0 Å². The van der Waals surface area contributed by atoms with Crippen molar-refractivity contribution < 1.29 is 14.3 Å². The highest BCUT2D eigenvalue weighted by atomic mass is 16.5. The average molecular weight is 466 g/mol. The molecule has 1 atom stereocenters. The number of rotatable bonds is 8. The summed E-state index contributed by atoms with van der Waals surface area (Å²) >= 11 is 0. The van der Waals surface area contributed by atoms with Gasteiger partial charge in [-0.1, -0.05) is 29.8 Å². The molecule has 1 aliphatic heterocycles. The molecule has 4 rings (SSSR count). The van der Waals surface area contributed by atoms with E-state index in [9.17, 15) is 4.79 Å². The number of fused-ring (bicyclic) bond motifs is 1. The predicted molar refractivity (Wildman–Crippen MR) is 132 cm³/mol. The van der Waals surface area contributed by atoms with Crippen molar-refractivity contribution in [2.45, 2.75) is 39.7 Å². The number of aromatic nitrogens is 3. The zero-order valence-corrected chi connectivity index (χ0v) is 20.9. The summed E-state index contributed by atoms with van der Waals surface area (Å²) in [5.41, 5.74) is 6.33. The highest BCUT2D eigenvalue weighted by molar-refractivity contribution is 5.86. The third-order valence-electron chi connectivity index (χ3n) is 6.76. The molecule has 1 unspecified atom stereocenters. The first-order valence-electron chi connectivity index (χ1n) is 11.9. The van der Waals surface area contributed by atoms with Gasteiger partial charge >= 0.3 is 0 Å². The van der Waals surface area contributed by atoms with Crippen molar-refractivity contribution in [3.05, 3.63) is 52.2 Å². The van der Waals surface area contributed by atoms with Crippen molar-refractivity contribution in [1.29, 1.82) is 0 Å². The largest absolute Gasteiger partial charge is 0.479 e. The molecule has 0 aliphatic carbocycles. The molecule has 1 amide bonds. The number of carbonyl (C=O) groups excluding carboxylic acids is 1. The lowest BCUT2D eigenvalue weighted by molar-refractivity contribution is -0.121. The molecule has 1 aliphatic rings. The van der Waals surface area contributed by atoms with E-state index < -0.39 is 0 Å². The fourth-order valence-electron chi connectivity index (χ4n) is 4.78. The maximum absolute atomic E-state index is 12.9. The van der Waals surface area contributed by atoms with E-state index in [2.05, 4.69) is 53.4 Å². The molecule has 2 aromatic heterocycles. The molecule has 0 radical (unpaired) electrons. The molecular weight excluding hydrogens is 430 g/mol. The van der Waals surface area contributed by atoms with Gasteiger partial charge in [-0.3, -0.25) is 9.69 Å². The van der Waals surface area contributed by atoms with Gasteiger partial charge in [-0.05, 0) is 43.9 Å². The monoisotopic (exact) mass is 465 g/mol. The van der Waals surface area contributed by atoms with E-state index in [0.717, 1.165) is 54.2 Å². The number of morpholine rings is 1. The Bertz CT molecular complexity index is 1150. The summed E-state index contributed by atoms with van der Waals surface area (Å²) in [6.07, 6.45) is 1.03. The number of carbonyl (C=O) groups is 1. The number of benzene rings is 1. The van der Waals surface area contributed by atoms with Crippen LogP contribution in [0, 0.1) is 20.8 Å². The van der Waals surface area contributed by atoms with Gasteiger partial charge in [-0.25, -0.2) is 9.67 Å². The topological polar surface area (TPSA) is 81.5 Å². The molecule has 8 heteroatoms. The van der Waals surface area contributed by atoms with E-state index in [-0.39, 0.29) is 11.9 Å². The smallest absolute Gasteiger partial charge is 0.242 e. The van der Waals surface area contributed by atoms with Crippen LogP contribution >= 0.6 is 0 Å². The quantitative estimate of drug-likeness (QED) is 0.551. The summed E-state index contributed by atoms with van der Waals surface area (Å²) in [7, 11) is 3.48. The minimum atomic E-state index is 0.0439. The third-order valence-corrected chi connectivity index (χ3v) is 6.76. The zero-order valence-electron chi connectivity index (χ0n) is 20.9. The van der Waals surface area contributed by atoms with Gasteiger partial charge in [0, 0.05) is 38.8 Å². The number of hydrogen-bond acceptors (Lipinski definition) is 6. The lowest BCUT2D eigenvalue weighted by Gasteiger charge is -2.35. The number of methoxy groups -OCH3 is 1. The lowest BCUT2D eigenvalue weighted by atomic mass is 9.99. The zero-order chi connectivity index (χ0) is 24.2. The Hall–Kier alpha value is -2.97. The van der Waals surface area contributed by atoms with E-state index in [0.29, 0.717) is 25.3 Å². The van der Waals surface area contributed by atoms with Crippen LogP contribution < -0.4 is 10.1 Å². The maximum Gasteiger partial charge on any atom is 0.242 e. The Labute approximate surface area is 201 Å². The molecular formula is C26H35N5O3. The molecule has 182 valence electrons. The number of hydrogen-bond donors (Lipinski definition) is 1. The Morgan fingerprint density at radius 1 is 1.18 bits per heavy atom. The molecule has 34 heavy (non-hydrogen) atoms. The molecule has 0 bridgehead atoms. The number of nitrogens with zero attached hydrogens (tertiary/aromatic N) is 4. The van der Waals surface area contributed by atoms with Crippen molar-refractivity contribution >= 4 is 16.9 Å². The van der Waals surface area contributed by atoms with Gasteiger partial charge in [0.05, 0.1) is 31.8 Å².